The zero-order chi connectivity index (χ0) is 10.1. The van der Waals surface area contributed by atoms with Crippen LogP contribution in [0.4, 0.5) is 0 Å². The van der Waals surface area contributed by atoms with E-state index in [1.165, 1.54) is 19.3 Å². The first kappa shape index (κ1) is 11.0. The molecule has 1 rings (SSSR count). The highest BCUT2D eigenvalue weighted by molar-refractivity contribution is 5.01. The second-order valence-corrected chi connectivity index (χ2v) is 5.54. The van der Waals surface area contributed by atoms with E-state index in [9.17, 15) is 0 Å². The minimum Gasteiger partial charge on any atom is -0.271 e. The van der Waals surface area contributed by atoms with E-state index in [1.807, 2.05) is 0 Å². The zero-order valence-electron chi connectivity index (χ0n) is 9.43. The van der Waals surface area contributed by atoms with Crippen LogP contribution in [0.2, 0.25) is 0 Å². The molecule has 1 aliphatic rings. The Balaban J connectivity index is 2.29. The first-order chi connectivity index (χ1) is 5.97. The summed E-state index contributed by atoms with van der Waals surface area (Å²) < 4.78 is 0. The second kappa shape index (κ2) is 3.97. The van der Waals surface area contributed by atoms with Crippen molar-refractivity contribution in [2.24, 2.45) is 23.1 Å². The highest BCUT2D eigenvalue weighted by Gasteiger charge is 2.49. The Morgan fingerprint density at radius 1 is 1.38 bits per heavy atom. The van der Waals surface area contributed by atoms with Gasteiger partial charge in [0.15, 0.2) is 0 Å². The summed E-state index contributed by atoms with van der Waals surface area (Å²) >= 11 is 0. The van der Waals surface area contributed by atoms with E-state index in [0.29, 0.717) is 11.5 Å². The van der Waals surface area contributed by atoms with Crippen LogP contribution in [-0.2, 0) is 0 Å². The molecule has 2 atom stereocenters. The summed E-state index contributed by atoms with van der Waals surface area (Å²) in [4.78, 5) is 0. The van der Waals surface area contributed by atoms with E-state index in [2.05, 4.69) is 33.1 Å². The van der Waals surface area contributed by atoms with Gasteiger partial charge in [-0.05, 0) is 36.5 Å². The summed E-state index contributed by atoms with van der Waals surface area (Å²) in [6.45, 7) is 9.20. The number of hydrazine groups is 1. The molecule has 0 aromatic heterocycles. The average Bonchev–Trinajstić information content (AvgIpc) is 2.61. The lowest BCUT2D eigenvalue weighted by molar-refractivity contribution is 0.363. The van der Waals surface area contributed by atoms with E-state index in [1.54, 1.807) is 0 Å². The molecule has 13 heavy (non-hydrogen) atoms. The molecular weight excluding hydrogens is 160 g/mol. The van der Waals surface area contributed by atoms with Gasteiger partial charge in [-0.3, -0.25) is 11.3 Å². The number of nitrogens with two attached hydrogens (primary N) is 1. The molecule has 0 bridgehead atoms. The SMILES string of the molecule is CC(C)CCC(NN)C1CC1(C)C. The molecule has 1 saturated carbocycles. The van der Waals surface area contributed by atoms with E-state index in [-0.39, 0.29) is 0 Å². The molecule has 1 fully saturated rings. The standard InChI is InChI=1S/C11H24N2/c1-8(2)5-6-10(13-12)9-7-11(9,3)4/h8-10,13H,5-7,12H2,1-4H3. The second-order valence-electron chi connectivity index (χ2n) is 5.54. The molecule has 0 spiro atoms. The summed E-state index contributed by atoms with van der Waals surface area (Å²) in [6.07, 6.45) is 3.84. The normalized spacial score (nSPS) is 27.7. The van der Waals surface area contributed by atoms with Crippen LogP contribution < -0.4 is 11.3 Å². The molecule has 2 heteroatoms. The summed E-state index contributed by atoms with van der Waals surface area (Å²) in [6, 6.07) is 0.539. The molecule has 0 aromatic carbocycles. The van der Waals surface area contributed by atoms with Crippen LogP contribution >= 0.6 is 0 Å². The largest absolute Gasteiger partial charge is 0.271 e. The molecule has 78 valence electrons. The maximum atomic E-state index is 5.57. The molecule has 0 aromatic rings. The molecule has 2 unspecified atom stereocenters. The third kappa shape index (κ3) is 2.96. The van der Waals surface area contributed by atoms with Crippen LogP contribution in [-0.4, -0.2) is 6.04 Å². The zero-order valence-corrected chi connectivity index (χ0v) is 9.43. The molecule has 1 aliphatic carbocycles. The first-order valence-corrected chi connectivity index (χ1v) is 5.43. The molecule has 0 aliphatic heterocycles. The van der Waals surface area contributed by atoms with Crippen molar-refractivity contribution in [3.8, 4) is 0 Å². The minimum atomic E-state index is 0.536. The maximum Gasteiger partial charge on any atom is 0.0244 e. The van der Waals surface area contributed by atoms with Gasteiger partial charge in [-0.25, -0.2) is 0 Å². The minimum absolute atomic E-state index is 0.536. The van der Waals surface area contributed by atoms with Crippen LogP contribution in [0.5, 0.6) is 0 Å². The van der Waals surface area contributed by atoms with Gasteiger partial charge in [-0.2, -0.15) is 0 Å². The van der Waals surface area contributed by atoms with Gasteiger partial charge in [0.25, 0.3) is 0 Å². The van der Waals surface area contributed by atoms with Crippen molar-refractivity contribution in [2.45, 2.75) is 53.0 Å². The van der Waals surface area contributed by atoms with E-state index >= 15 is 0 Å². The molecule has 0 amide bonds. The predicted octanol–water partition coefficient (Wildman–Crippen LogP) is 2.30. The third-order valence-corrected chi connectivity index (χ3v) is 3.34. The van der Waals surface area contributed by atoms with Crippen molar-refractivity contribution in [3.63, 3.8) is 0 Å². The first-order valence-electron chi connectivity index (χ1n) is 5.43. The predicted molar refractivity (Wildman–Crippen MR) is 57.1 cm³/mol. The van der Waals surface area contributed by atoms with Crippen LogP contribution in [0.1, 0.15) is 47.0 Å². The molecule has 0 heterocycles. The van der Waals surface area contributed by atoms with Gasteiger partial charge in [0.1, 0.15) is 0 Å². The van der Waals surface area contributed by atoms with Gasteiger partial charge in [0, 0.05) is 6.04 Å². The van der Waals surface area contributed by atoms with Crippen LogP contribution in [0, 0.1) is 17.3 Å². The smallest absolute Gasteiger partial charge is 0.0244 e. The third-order valence-electron chi connectivity index (χ3n) is 3.34. The van der Waals surface area contributed by atoms with Gasteiger partial charge >= 0.3 is 0 Å². The fourth-order valence-electron chi connectivity index (χ4n) is 2.11. The fraction of sp³-hybridized carbons (Fsp3) is 1.00. The average molecular weight is 184 g/mol. The van der Waals surface area contributed by atoms with Crippen molar-refractivity contribution in [3.05, 3.63) is 0 Å². The lowest BCUT2D eigenvalue weighted by Gasteiger charge is -2.18. The Hall–Kier alpha value is -0.0800. The van der Waals surface area contributed by atoms with Crippen LogP contribution in [0.25, 0.3) is 0 Å². The lowest BCUT2D eigenvalue weighted by atomic mass is 9.97. The van der Waals surface area contributed by atoms with Gasteiger partial charge in [-0.1, -0.05) is 27.7 Å². The van der Waals surface area contributed by atoms with Crippen molar-refractivity contribution in [1.29, 1.82) is 0 Å². The highest BCUT2D eigenvalue weighted by atomic mass is 15.2. The van der Waals surface area contributed by atoms with Crippen LogP contribution in [0.15, 0.2) is 0 Å². The molecule has 0 radical (unpaired) electrons. The lowest BCUT2D eigenvalue weighted by Crippen LogP contribution is -2.38. The molecular formula is C11H24N2. The van der Waals surface area contributed by atoms with Gasteiger partial charge in [0.2, 0.25) is 0 Å². The Bertz CT molecular complexity index is 163. The van der Waals surface area contributed by atoms with E-state index < -0.39 is 0 Å². The van der Waals surface area contributed by atoms with E-state index in [4.69, 9.17) is 5.84 Å². The fourth-order valence-corrected chi connectivity index (χ4v) is 2.11. The Kier molecular flexibility index (Phi) is 3.36. The quantitative estimate of drug-likeness (QED) is 0.508. The number of nitrogens with one attached hydrogen (secondary N) is 1. The van der Waals surface area contributed by atoms with E-state index in [0.717, 1.165) is 11.8 Å². The monoisotopic (exact) mass is 184 g/mol. The summed E-state index contributed by atoms with van der Waals surface area (Å²) in [5.74, 6) is 7.16. The van der Waals surface area contributed by atoms with Crippen molar-refractivity contribution < 1.29 is 0 Å². The highest BCUT2D eigenvalue weighted by Crippen LogP contribution is 2.54. The number of rotatable bonds is 5. The Morgan fingerprint density at radius 2 is 1.92 bits per heavy atom. The molecule has 3 N–H and O–H groups in total. The van der Waals surface area contributed by atoms with Gasteiger partial charge < -0.3 is 0 Å². The van der Waals surface area contributed by atoms with Crippen molar-refractivity contribution >= 4 is 0 Å². The Labute approximate surface area is 82.2 Å². The van der Waals surface area contributed by atoms with Gasteiger partial charge in [-0.15, -0.1) is 0 Å². The van der Waals surface area contributed by atoms with Gasteiger partial charge in [0.05, 0.1) is 0 Å². The topological polar surface area (TPSA) is 38.0 Å². The number of hydrogen-bond acceptors (Lipinski definition) is 2. The summed E-state index contributed by atoms with van der Waals surface area (Å²) in [5.41, 5.74) is 3.51. The van der Waals surface area contributed by atoms with Crippen molar-refractivity contribution in [1.82, 2.24) is 5.43 Å². The summed E-state index contributed by atoms with van der Waals surface area (Å²) in [7, 11) is 0. The summed E-state index contributed by atoms with van der Waals surface area (Å²) in [5, 5.41) is 0. The Morgan fingerprint density at radius 3 is 2.23 bits per heavy atom. The molecule has 0 saturated heterocycles. The maximum absolute atomic E-state index is 5.57. The van der Waals surface area contributed by atoms with Crippen LogP contribution in [0.3, 0.4) is 0 Å². The number of hydrogen-bond donors (Lipinski definition) is 2. The van der Waals surface area contributed by atoms with Crippen molar-refractivity contribution in [2.75, 3.05) is 0 Å². The molecule has 2 nitrogen and oxygen atoms in total.